The first kappa shape index (κ1) is 17.3. The average Bonchev–Trinajstić information content (AvgIpc) is 2.59. The third-order valence-electron chi connectivity index (χ3n) is 3.74. The van der Waals surface area contributed by atoms with Gasteiger partial charge in [0.2, 0.25) is 5.91 Å². The summed E-state index contributed by atoms with van der Waals surface area (Å²) in [7, 11) is 0. The highest BCUT2D eigenvalue weighted by Crippen LogP contribution is 2.13. The van der Waals surface area contributed by atoms with Gasteiger partial charge in [-0.1, -0.05) is 18.6 Å². The molecule has 1 aromatic carbocycles. The fourth-order valence-electron chi connectivity index (χ4n) is 2.53. The lowest BCUT2D eigenvalue weighted by Gasteiger charge is -2.22. The summed E-state index contributed by atoms with van der Waals surface area (Å²) in [4.78, 5) is 23.5. The van der Waals surface area contributed by atoms with Crippen LogP contribution in [0.1, 0.15) is 31.7 Å². The van der Waals surface area contributed by atoms with Crippen molar-refractivity contribution in [2.45, 2.75) is 38.8 Å². The highest BCUT2D eigenvalue weighted by atomic mass is 16.5. The van der Waals surface area contributed by atoms with Gasteiger partial charge in [-0.15, -0.1) is 0 Å². The van der Waals surface area contributed by atoms with E-state index in [4.69, 9.17) is 4.74 Å². The fourth-order valence-corrected chi connectivity index (χ4v) is 2.53. The van der Waals surface area contributed by atoms with Crippen molar-refractivity contribution in [3.05, 3.63) is 29.8 Å². The van der Waals surface area contributed by atoms with Crippen LogP contribution >= 0.6 is 0 Å². The lowest BCUT2D eigenvalue weighted by molar-refractivity contribution is -0.124. The van der Waals surface area contributed by atoms with Gasteiger partial charge >= 0.3 is 0 Å². The summed E-state index contributed by atoms with van der Waals surface area (Å²) in [5.41, 5.74) is 0.947. The van der Waals surface area contributed by atoms with Crippen molar-refractivity contribution in [3.63, 3.8) is 0 Å². The summed E-state index contributed by atoms with van der Waals surface area (Å²) < 4.78 is 5.45. The second-order valence-electron chi connectivity index (χ2n) is 5.61. The number of rotatable bonds is 7. The topological polar surface area (TPSA) is 79.5 Å². The van der Waals surface area contributed by atoms with Gasteiger partial charge in [-0.05, 0) is 44.0 Å². The van der Waals surface area contributed by atoms with Crippen LogP contribution in [0.25, 0.3) is 0 Å². The van der Waals surface area contributed by atoms with Gasteiger partial charge in [0, 0.05) is 13.1 Å². The van der Waals surface area contributed by atoms with Crippen LogP contribution in [0.15, 0.2) is 24.3 Å². The molecule has 126 valence electrons. The van der Waals surface area contributed by atoms with E-state index in [0.717, 1.165) is 31.4 Å². The van der Waals surface area contributed by atoms with Gasteiger partial charge in [0.1, 0.15) is 5.75 Å². The van der Waals surface area contributed by atoms with E-state index in [0.29, 0.717) is 18.8 Å². The Kier molecular flexibility index (Phi) is 6.87. The van der Waals surface area contributed by atoms with Crippen LogP contribution in [-0.4, -0.2) is 37.6 Å². The van der Waals surface area contributed by atoms with Crippen LogP contribution in [0.3, 0.4) is 0 Å². The molecule has 1 aliphatic heterocycles. The third kappa shape index (κ3) is 5.90. The quantitative estimate of drug-likeness (QED) is 0.699. The zero-order valence-electron chi connectivity index (χ0n) is 13.6. The van der Waals surface area contributed by atoms with Crippen molar-refractivity contribution in [1.29, 1.82) is 0 Å². The third-order valence-corrected chi connectivity index (χ3v) is 3.74. The van der Waals surface area contributed by atoms with Crippen LogP contribution in [0, 0.1) is 0 Å². The molecule has 1 aromatic rings. The zero-order valence-corrected chi connectivity index (χ0v) is 13.6. The highest BCUT2D eigenvalue weighted by molar-refractivity contribution is 5.81. The average molecular weight is 319 g/mol. The molecule has 1 saturated heterocycles. The van der Waals surface area contributed by atoms with Crippen LogP contribution in [0.4, 0.5) is 0 Å². The van der Waals surface area contributed by atoms with Crippen molar-refractivity contribution < 1.29 is 14.3 Å². The van der Waals surface area contributed by atoms with Crippen molar-refractivity contribution in [1.82, 2.24) is 16.0 Å². The molecule has 3 N–H and O–H groups in total. The number of carbonyl (C=O) groups excluding carboxylic acids is 2. The standard InChI is InChI=1S/C17H25N3O3/c1-2-18-16(21)12-23-14-7-5-6-13(10-14)11-20-17(22)15-8-3-4-9-19-15/h5-7,10,15,19H,2-4,8-9,11-12H2,1H3,(H,18,21)(H,20,22). The lowest BCUT2D eigenvalue weighted by atomic mass is 10.0. The Morgan fingerprint density at radius 3 is 2.91 bits per heavy atom. The number of likely N-dealkylation sites (N-methyl/N-ethyl adjacent to an activating group) is 1. The Morgan fingerprint density at radius 2 is 2.17 bits per heavy atom. The highest BCUT2D eigenvalue weighted by Gasteiger charge is 2.19. The normalized spacial score (nSPS) is 17.3. The molecule has 0 spiro atoms. The van der Waals surface area contributed by atoms with Crippen molar-refractivity contribution in [2.75, 3.05) is 19.7 Å². The first-order chi connectivity index (χ1) is 11.2. The van der Waals surface area contributed by atoms with Crippen molar-refractivity contribution in [3.8, 4) is 5.75 Å². The predicted molar refractivity (Wildman–Crippen MR) is 88.1 cm³/mol. The Balaban J connectivity index is 1.80. The largest absolute Gasteiger partial charge is 0.484 e. The minimum absolute atomic E-state index is 0.00432. The van der Waals surface area contributed by atoms with E-state index < -0.39 is 0 Å². The number of hydrogen-bond donors (Lipinski definition) is 3. The second-order valence-corrected chi connectivity index (χ2v) is 5.61. The summed E-state index contributed by atoms with van der Waals surface area (Å²) in [6.07, 6.45) is 3.12. The summed E-state index contributed by atoms with van der Waals surface area (Å²) >= 11 is 0. The number of benzene rings is 1. The number of amides is 2. The molecule has 2 amide bonds. The van der Waals surface area contributed by atoms with Crippen molar-refractivity contribution in [2.24, 2.45) is 0 Å². The van der Waals surface area contributed by atoms with Gasteiger partial charge in [-0.3, -0.25) is 9.59 Å². The van der Waals surface area contributed by atoms with Gasteiger partial charge in [0.15, 0.2) is 6.61 Å². The molecule has 2 rings (SSSR count). The van der Waals surface area contributed by atoms with E-state index in [-0.39, 0.29) is 24.5 Å². The van der Waals surface area contributed by atoms with Gasteiger partial charge in [-0.2, -0.15) is 0 Å². The molecule has 23 heavy (non-hydrogen) atoms. The summed E-state index contributed by atoms with van der Waals surface area (Å²) in [5, 5.41) is 8.85. The molecule has 1 fully saturated rings. The Bertz CT molecular complexity index is 528. The number of carbonyl (C=O) groups is 2. The molecule has 0 bridgehead atoms. The van der Waals surface area contributed by atoms with E-state index in [1.165, 1.54) is 0 Å². The number of ether oxygens (including phenoxy) is 1. The molecule has 0 aromatic heterocycles. The lowest BCUT2D eigenvalue weighted by Crippen LogP contribution is -2.46. The second kappa shape index (κ2) is 9.15. The minimum Gasteiger partial charge on any atom is -0.484 e. The van der Waals surface area contributed by atoms with Crippen LogP contribution in [-0.2, 0) is 16.1 Å². The molecule has 0 radical (unpaired) electrons. The van der Waals surface area contributed by atoms with Crippen LogP contribution in [0.5, 0.6) is 5.75 Å². The molecule has 1 atom stereocenters. The molecular formula is C17H25N3O3. The molecular weight excluding hydrogens is 294 g/mol. The SMILES string of the molecule is CCNC(=O)COc1cccc(CNC(=O)C2CCCCN2)c1. The van der Waals surface area contributed by atoms with Crippen molar-refractivity contribution >= 4 is 11.8 Å². The monoisotopic (exact) mass is 319 g/mol. The molecule has 0 saturated carbocycles. The summed E-state index contributed by atoms with van der Waals surface area (Å²) in [5.74, 6) is 0.520. The molecule has 6 nitrogen and oxygen atoms in total. The zero-order chi connectivity index (χ0) is 16.5. The first-order valence-corrected chi connectivity index (χ1v) is 8.18. The summed E-state index contributed by atoms with van der Waals surface area (Å²) in [6, 6.07) is 7.34. The molecule has 0 aliphatic carbocycles. The van der Waals surface area contributed by atoms with E-state index in [1.54, 1.807) is 6.07 Å². The number of piperidine rings is 1. The van der Waals surface area contributed by atoms with E-state index in [9.17, 15) is 9.59 Å². The van der Waals surface area contributed by atoms with E-state index in [2.05, 4.69) is 16.0 Å². The van der Waals surface area contributed by atoms with Gasteiger partial charge in [-0.25, -0.2) is 0 Å². The maximum Gasteiger partial charge on any atom is 0.257 e. The van der Waals surface area contributed by atoms with Gasteiger partial charge in [0.25, 0.3) is 5.91 Å². The number of nitrogens with one attached hydrogen (secondary N) is 3. The predicted octanol–water partition coefficient (Wildman–Crippen LogP) is 0.960. The van der Waals surface area contributed by atoms with Gasteiger partial charge in [0.05, 0.1) is 6.04 Å². The molecule has 6 heteroatoms. The smallest absolute Gasteiger partial charge is 0.257 e. The minimum atomic E-state index is -0.144. The Morgan fingerprint density at radius 1 is 1.30 bits per heavy atom. The van der Waals surface area contributed by atoms with E-state index >= 15 is 0 Å². The van der Waals surface area contributed by atoms with Crippen LogP contribution in [0.2, 0.25) is 0 Å². The maximum absolute atomic E-state index is 12.1. The summed E-state index contributed by atoms with van der Waals surface area (Å²) in [6.45, 7) is 3.80. The molecule has 1 unspecified atom stereocenters. The Labute approximate surface area is 137 Å². The van der Waals surface area contributed by atoms with Gasteiger partial charge < -0.3 is 20.7 Å². The van der Waals surface area contributed by atoms with Crippen LogP contribution < -0.4 is 20.7 Å². The molecule has 1 heterocycles. The number of hydrogen-bond acceptors (Lipinski definition) is 4. The first-order valence-electron chi connectivity index (χ1n) is 8.18. The fraction of sp³-hybridized carbons (Fsp3) is 0.529. The maximum atomic E-state index is 12.1. The molecule has 1 aliphatic rings. The Hall–Kier alpha value is -2.08. The van der Waals surface area contributed by atoms with E-state index in [1.807, 2.05) is 25.1 Å².